The summed E-state index contributed by atoms with van der Waals surface area (Å²) in [5.74, 6) is -0.440. The van der Waals surface area contributed by atoms with Crippen molar-refractivity contribution < 1.29 is 9.59 Å². The van der Waals surface area contributed by atoms with Crippen molar-refractivity contribution in [2.24, 2.45) is 7.05 Å². The second kappa shape index (κ2) is 10.5. The van der Waals surface area contributed by atoms with Gasteiger partial charge in [-0.05, 0) is 48.9 Å². The lowest BCUT2D eigenvalue weighted by atomic mass is 10.1. The second-order valence-electron chi connectivity index (χ2n) is 8.04. The molecule has 3 aromatic carbocycles. The summed E-state index contributed by atoms with van der Waals surface area (Å²) < 4.78 is 3.27. The Morgan fingerprint density at radius 2 is 1.46 bits per heavy atom. The van der Waals surface area contributed by atoms with Crippen LogP contribution in [0.5, 0.6) is 0 Å². The van der Waals surface area contributed by atoms with E-state index in [-0.39, 0.29) is 23.1 Å². The summed E-state index contributed by atoms with van der Waals surface area (Å²) in [6.07, 6.45) is 0. The first-order valence-electron chi connectivity index (χ1n) is 11.1. The van der Waals surface area contributed by atoms with Gasteiger partial charge in [0.1, 0.15) is 10.9 Å². The van der Waals surface area contributed by atoms with Gasteiger partial charge in [0.05, 0.1) is 11.4 Å². The largest absolute Gasteiger partial charge is 0.326 e. The molecule has 0 aliphatic heterocycles. The average Bonchev–Trinajstić information content (AvgIpc) is 3.07. The highest BCUT2D eigenvalue weighted by Gasteiger charge is 2.25. The number of carbonyl (C=O) groups is 2. The highest BCUT2D eigenvalue weighted by atomic mass is 32.2. The second-order valence-corrected chi connectivity index (χ2v) is 9.22. The van der Waals surface area contributed by atoms with Crippen LogP contribution in [0.15, 0.2) is 94.6 Å². The molecule has 0 radical (unpaired) electrons. The zero-order valence-electron chi connectivity index (χ0n) is 19.7. The minimum absolute atomic E-state index is 0.147. The Balaban J connectivity index is 1.64. The lowest BCUT2D eigenvalue weighted by Gasteiger charge is -2.17. The van der Waals surface area contributed by atoms with Gasteiger partial charge in [-0.25, -0.2) is 4.68 Å². The zero-order chi connectivity index (χ0) is 24.9. The molecule has 1 aromatic heterocycles. The molecule has 35 heavy (non-hydrogen) atoms. The highest BCUT2D eigenvalue weighted by molar-refractivity contribution is 8.00. The van der Waals surface area contributed by atoms with Gasteiger partial charge < -0.3 is 10.6 Å². The van der Waals surface area contributed by atoms with Crippen molar-refractivity contribution in [1.82, 2.24) is 9.36 Å². The number of anilines is 2. The molecule has 178 valence electrons. The third-order valence-electron chi connectivity index (χ3n) is 5.57. The smallest absolute Gasteiger partial charge is 0.295 e. The normalized spacial score (nSPS) is 11.6. The molecule has 0 spiro atoms. The Morgan fingerprint density at radius 1 is 0.857 bits per heavy atom. The summed E-state index contributed by atoms with van der Waals surface area (Å²) >= 11 is 1.38. The first kappa shape index (κ1) is 24.1. The van der Waals surface area contributed by atoms with Gasteiger partial charge in [0.25, 0.3) is 5.56 Å². The maximum Gasteiger partial charge on any atom is 0.295 e. The summed E-state index contributed by atoms with van der Waals surface area (Å²) in [5, 5.41) is 5.04. The van der Waals surface area contributed by atoms with Gasteiger partial charge in [0, 0.05) is 24.6 Å². The molecule has 1 atom stereocenters. The SMILES string of the molecule is CC(=O)Nc1ccc(SC(C(=O)Nc2c(C)n(C)n(-c3ccccc3)c2=O)c2ccccc2)cc1. The summed E-state index contributed by atoms with van der Waals surface area (Å²) in [4.78, 5) is 39.0. The number of para-hydroxylation sites is 1. The fraction of sp³-hybridized carbons (Fsp3) is 0.148. The molecule has 4 aromatic rings. The minimum atomic E-state index is -0.591. The molecule has 2 amide bonds. The van der Waals surface area contributed by atoms with Gasteiger partial charge in [0.2, 0.25) is 11.8 Å². The van der Waals surface area contributed by atoms with E-state index in [1.165, 1.54) is 23.4 Å². The number of amides is 2. The van der Waals surface area contributed by atoms with Crippen molar-refractivity contribution in [3.05, 3.63) is 107 Å². The van der Waals surface area contributed by atoms with Crippen LogP contribution in [0.1, 0.15) is 23.4 Å². The van der Waals surface area contributed by atoms with Crippen LogP contribution < -0.4 is 16.2 Å². The van der Waals surface area contributed by atoms with E-state index in [9.17, 15) is 14.4 Å². The monoisotopic (exact) mass is 486 g/mol. The number of carbonyl (C=O) groups excluding carboxylic acids is 2. The van der Waals surface area contributed by atoms with Gasteiger partial charge in [-0.1, -0.05) is 48.5 Å². The number of hydrogen-bond acceptors (Lipinski definition) is 4. The summed E-state index contributed by atoms with van der Waals surface area (Å²) in [6.45, 7) is 3.26. The lowest BCUT2D eigenvalue weighted by molar-refractivity contribution is -0.116. The van der Waals surface area contributed by atoms with Crippen LogP contribution in [-0.4, -0.2) is 21.2 Å². The molecule has 7 nitrogen and oxygen atoms in total. The molecular weight excluding hydrogens is 460 g/mol. The molecule has 0 saturated carbocycles. The Morgan fingerprint density at radius 3 is 2.06 bits per heavy atom. The number of nitrogens with zero attached hydrogens (tertiary/aromatic N) is 2. The van der Waals surface area contributed by atoms with Crippen LogP contribution >= 0.6 is 11.8 Å². The van der Waals surface area contributed by atoms with E-state index in [0.717, 1.165) is 16.1 Å². The zero-order valence-corrected chi connectivity index (χ0v) is 20.5. The van der Waals surface area contributed by atoms with Crippen molar-refractivity contribution in [2.45, 2.75) is 24.0 Å². The van der Waals surface area contributed by atoms with Gasteiger partial charge in [-0.2, -0.15) is 0 Å². The Kier molecular flexibility index (Phi) is 7.22. The highest BCUT2D eigenvalue weighted by Crippen LogP contribution is 2.36. The van der Waals surface area contributed by atoms with Crippen LogP contribution in [0.2, 0.25) is 0 Å². The van der Waals surface area contributed by atoms with Crippen LogP contribution in [0, 0.1) is 6.92 Å². The van der Waals surface area contributed by atoms with Crippen molar-refractivity contribution >= 4 is 35.0 Å². The maximum absolute atomic E-state index is 13.5. The fourth-order valence-electron chi connectivity index (χ4n) is 3.76. The fourth-order valence-corrected chi connectivity index (χ4v) is 4.78. The van der Waals surface area contributed by atoms with E-state index in [0.29, 0.717) is 11.4 Å². The molecular formula is C27H26N4O3S. The van der Waals surface area contributed by atoms with E-state index in [1.807, 2.05) is 79.7 Å². The lowest BCUT2D eigenvalue weighted by Crippen LogP contribution is -2.25. The predicted molar refractivity (Wildman–Crippen MR) is 140 cm³/mol. The van der Waals surface area contributed by atoms with E-state index in [1.54, 1.807) is 23.9 Å². The number of benzene rings is 3. The number of hydrogen-bond donors (Lipinski definition) is 2. The number of rotatable bonds is 7. The topological polar surface area (TPSA) is 85.1 Å². The Hall–Kier alpha value is -4.04. The van der Waals surface area contributed by atoms with E-state index >= 15 is 0 Å². The van der Waals surface area contributed by atoms with Crippen molar-refractivity contribution in [3.63, 3.8) is 0 Å². The summed E-state index contributed by atoms with van der Waals surface area (Å²) in [6, 6.07) is 26.0. The van der Waals surface area contributed by atoms with Crippen molar-refractivity contribution in [2.75, 3.05) is 10.6 Å². The Bertz CT molecular complexity index is 1390. The maximum atomic E-state index is 13.5. The van der Waals surface area contributed by atoms with Crippen LogP contribution in [0.25, 0.3) is 5.69 Å². The van der Waals surface area contributed by atoms with Gasteiger partial charge in [-0.15, -0.1) is 11.8 Å². The molecule has 0 aliphatic rings. The molecule has 1 unspecified atom stereocenters. The molecule has 2 N–H and O–H groups in total. The molecule has 0 saturated heterocycles. The standard InChI is InChI=1S/C27H26N4O3S/c1-18-24(27(34)31(30(18)3)22-12-8-5-9-13-22)29-26(33)25(20-10-6-4-7-11-20)35-23-16-14-21(15-17-23)28-19(2)32/h4-17,25H,1-3H3,(H,28,32)(H,29,33). The molecule has 8 heteroatoms. The van der Waals surface area contributed by atoms with Gasteiger partial charge in [0.15, 0.2) is 0 Å². The number of nitrogens with one attached hydrogen (secondary N) is 2. The third kappa shape index (κ3) is 5.38. The molecule has 4 rings (SSSR count). The molecule has 0 fully saturated rings. The van der Waals surface area contributed by atoms with Gasteiger partial charge >= 0.3 is 0 Å². The van der Waals surface area contributed by atoms with Crippen molar-refractivity contribution in [3.8, 4) is 5.69 Å². The van der Waals surface area contributed by atoms with E-state index in [4.69, 9.17) is 0 Å². The van der Waals surface area contributed by atoms with Gasteiger partial charge in [-0.3, -0.25) is 19.1 Å². The summed E-state index contributed by atoms with van der Waals surface area (Å²) in [5.41, 5.74) is 2.84. The predicted octanol–water partition coefficient (Wildman–Crippen LogP) is 4.91. The molecule has 0 bridgehead atoms. The number of thioether (sulfide) groups is 1. The molecule has 1 heterocycles. The van der Waals surface area contributed by atoms with E-state index < -0.39 is 5.25 Å². The van der Waals surface area contributed by atoms with Crippen LogP contribution in [0.3, 0.4) is 0 Å². The number of aromatic nitrogens is 2. The van der Waals surface area contributed by atoms with Crippen LogP contribution in [-0.2, 0) is 16.6 Å². The molecule has 0 aliphatic carbocycles. The Labute approximate surface area is 207 Å². The first-order chi connectivity index (χ1) is 16.8. The quantitative estimate of drug-likeness (QED) is 0.363. The van der Waals surface area contributed by atoms with E-state index in [2.05, 4.69) is 10.6 Å². The van der Waals surface area contributed by atoms with Crippen LogP contribution in [0.4, 0.5) is 11.4 Å². The third-order valence-corrected chi connectivity index (χ3v) is 6.84. The van der Waals surface area contributed by atoms with Crippen molar-refractivity contribution in [1.29, 1.82) is 0 Å². The first-order valence-corrected chi connectivity index (χ1v) is 12.0. The minimum Gasteiger partial charge on any atom is -0.326 e. The average molecular weight is 487 g/mol. The summed E-state index contributed by atoms with van der Waals surface area (Å²) in [7, 11) is 1.79.